The number of aryl methyl sites for hydroxylation is 2. The normalized spacial score (nSPS) is 11.7. The van der Waals surface area contributed by atoms with Crippen LogP contribution in [0.25, 0.3) is 0 Å². The van der Waals surface area contributed by atoms with Gasteiger partial charge in [-0.3, -0.25) is 9.59 Å². The molecule has 144 valence electrons. The number of para-hydroxylation sites is 1. The molecule has 2 aromatic carbocycles. The summed E-state index contributed by atoms with van der Waals surface area (Å²) in [6, 6.07) is 13.5. The van der Waals surface area contributed by atoms with E-state index in [2.05, 4.69) is 5.32 Å². The number of amides is 2. The van der Waals surface area contributed by atoms with E-state index in [9.17, 15) is 9.59 Å². The molecule has 2 rings (SSSR count). The molecule has 0 radical (unpaired) electrons. The van der Waals surface area contributed by atoms with E-state index < -0.39 is 0 Å². The van der Waals surface area contributed by atoms with Crippen LogP contribution in [-0.2, 0) is 16.1 Å². The average Bonchev–Trinajstić information content (AvgIpc) is 2.58. The highest BCUT2D eigenvalue weighted by atomic mass is 35.5. The van der Waals surface area contributed by atoms with Gasteiger partial charge in [-0.2, -0.15) is 0 Å². The number of rotatable bonds is 7. The summed E-state index contributed by atoms with van der Waals surface area (Å²) in [6.07, 6.45) is 0. The second-order valence-corrected chi connectivity index (χ2v) is 7.44. The number of anilines is 1. The van der Waals surface area contributed by atoms with Crippen molar-refractivity contribution in [1.29, 1.82) is 0 Å². The van der Waals surface area contributed by atoms with Crippen LogP contribution in [0.5, 0.6) is 0 Å². The highest BCUT2D eigenvalue weighted by molar-refractivity contribution is 6.30. The van der Waals surface area contributed by atoms with Gasteiger partial charge in [-0.25, -0.2) is 0 Å². The Morgan fingerprint density at radius 2 is 1.74 bits per heavy atom. The van der Waals surface area contributed by atoms with Crippen molar-refractivity contribution < 1.29 is 14.5 Å². The van der Waals surface area contributed by atoms with Crippen LogP contribution in [0.3, 0.4) is 0 Å². The smallest absolute Gasteiger partial charge is 0.277 e. The molecule has 0 aliphatic heterocycles. The van der Waals surface area contributed by atoms with Crippen molar-refractivity contribution in [1.82, 2.24) is 4.90 Å². The van der Waals surface area contributed by atoms with Gasteiger partial charge in [0.05, 0.1) is 13.6 Å². The minimum Gasteiger partial charge on any atom is -0.332 e. The molecule has 2 amide bonds. The summed E-state index contributed by atoms with van der Waals surface area (Å²) in [4.78, 5) is 27.2. The van der Waals surface area contributed by atoms with E-state index in [0.717, 1.165) is 27.3 Å². The van der Waals surface area contributed by atoms with Gasteiger partial charge in [-0.1, -0.05) is 41.9 Å². The number of hydrogen-bond donors (Lipinski definition) is 2. The molecule has 27 heavy (non-hydrogen) atoms. The third-order valence-electron chi connectivity index (χ3n) is 4.40. The summed E-state index contributed by atoms with van der Waals surface area (Å²) in [5, 5.41) is 3.60. The molecule has 0 spiro atoms. The first-order valence-corrected chi connectivity index (χ1v) is 9.30. The molecule has 0 fully saturated rings. The highest BCUT2D eigenvalue weighted by Crippen LogP contribution is 2.19. The number of benzene rings is 2. The summed E-state index contributed by atoms with van der Waals surface area (Å²) in [6.45, 7) is 4.92. The lowest BCUT2D eigenvalue weighted by atomic mass is 10.1. The molecule has 0 saturated heterocycles. The zero-order valence-corrected chi connectivity index (χ0v) is 17.1. The van der Waals surface area contributed by atoms with Crippen LogP contribution in [0.15, 0.2) is 42.5 Å². The zero-order chi connectivity index (χ0) is 20.0. The number of carbonyl (C=O) groups is 2. The Hall–Kier alpha value is -2.37. The Morgan fingerprint density at radius 1 is 1.11 bits per heavy atom. The number of halogens is 1. The highest BCUT2D eigenvalue weighted by Gasteiger charge is 2.18. The quantitative estimate of drug-likeness (QED) is 0.763. The molecule has 0 saturated carbocycles. The van der Waals surface area contributed by atoms with E-state index in [1.54, 1.807) is 7.05 Å². The molecule has 1 atom stereocenters. The molecule has 1 unspecified atom stereocenters. The number of hydrogen-bond acceptors (Lipinski definition) is 2. The Balaban J connectivity index is 1.86. The maximum absolute atomic E-state index is 12.4. The van der Waals surface area contributed by atoms with Crippen molar-refractivity contribution in [3.63, 3.8) is 0 Å². The maximum Gasteiger partial charge on any atom is 0.277 e. The first-order chi connectivity index (χ1) is 12.8. The maximum atomic E-state index is 12.4. The summed E-state index contributed by atoms with van der Waals surface area (Å²) >= 11 is 6.00. The fraction of sp³-hybridized carbons (Fsp3) is 0.333. The van der Waals surface area contributed by atoms with Gasteiger partial charge in [0.1, 0.15) is 6.54 Å². The summed E-state index contributed by atoms with van der Waals surface area (Å²) in [7, 11) is 3.60. The lowest BCUT2D eigenvalue weighted by Gasteiger charge is -2.20. The molecule has 0 aliphatic rings. The Labute approximate surface area is 165 Å². The molecular weight excluding hydrogens is 362 g/mol. The minimum absolute atomic E-state index is 0.0249. The fourth-order valence-corrected chi connectivity index (χ4v) is 3.16. The fourth-order valence-electron chi connectivity index (χ4n) is 2.95. The zero-order valence-electron chi connectivity index (χ0n) is 16.3. The minimum atomic E-state index is -0.198. The van der Waals surface area contributed by atoms with E-state index in [4.69, 9.17) is 11.6 Å². The second-order valence-electron chi connectivity index (χ2n) is 7.01. The van der Waals surface area contributed by atoms with E-state index in [1.807, 2.05) is 63.4 Å². The van der Waals surface area contributed by atoms with Crippen molar-refractivity contribution in [2.45, 2.75) is 20.4 Å². The van der Waals surface area contributed by atoms with E-state index >= 15 is 0 Å². The monoisotopic (exact) mass is 388 g/mol. The van der Waals surface area contributed by atoms with Crippen molar-refractivity contribution in [3.05, 3.63) is 64.2 Å². The molecule has 0 bridgehead atoms. The van der Waals surface area contributed by atoms with E-state index in [-0.39, 0.29) is 18.4 Å². The van der Waals surface area contributed by atoms with Gasteiger partial charge in [-0.15, -0.1) is 0 Å². The van der Waals surface area contributed by atoms with Crippen LogP contribution in [-0.4, -0.2) is 43.9 Å². The molecular formula is C21H27ClN3O2+. The molecule has 0 aliphatic carbocycles. The first-order valence-electron chi connectivity index (χ1n) is 8.92. The number of nitrogens with zero attached hydrogens (tertiary/aromatic N) is 1. The van der Waals surface area contributed by atoms with Crippen LogP contribution in [0, 0.1) is 13.8 Å². The predicted octanol–water partition coefficient (Wildman–Crippen LogP) is 2.07. The van der Waals surface area contributed by atoms with Crippen LogP contribution < -0.4 is 10.2 Å². The van der Waals surface area contributed by atoms with Gasteiger partial charge < -0.3 is 15.1 Å². The second kappa shape index (κ2) is 9.53. The van der Waals surface area contributed by atoms with Gasteiger partial charge >= 0.3 is 0 Å². The Bertz CT molecular complexity index is 803. The van der Waals surface area contributed by atoms with Gasteiger partial charge in [0.15, 0.2) is 6.54 Å². The number of carbonyl (C=O) groups excluding carboxylic acids is 2. The number of nitrogens with one attached hydrogen (secondary N) is 2. The van der Waals surface area contributed by atoms with E-state index in [0.29, 0.717) is 18.1 Å². The van der Waals surface area contributed by atoms with Crippen molar-refractivity contribution >= 4 is 29.1 Å². The molecule has 2 N–H and O–H groups in total. The number of quaternary nitrogens is 1. The van der Waals surface area contributed by atoms with Gasteiger partial charge in [0, 0.05) is 23.3 Å². The standard InChI is InChI=1S/C21H26ClN3O2/c1-15-7-5-8-16(2)21(15)23-19(26)13-25(4)20(27)14-24(3)12-17-9-6-10-18(22)11-17/h5-11H,12-14H2,1-4H3,(H,23,26)/p+1. The third-order valence-corrected chi connectivity index (χ3v) is 4.64. The lowest BCUT2D eigenvalue weighted by Crippen LogP contribution is -3.08. The predicted molar refractivity (Wildman–Crippen MR) is 109 cm³/mol. The van der Waals surface area contributed by atoms with Crippen LogP contribution in [0.4, 0.5) is 5.69 Å². The van der Waals surface area contributed by atoms with Gasteiger partial charge in [-0.05, 0) is 37.1 Å². The average molecular weight is 389 g/mol. The van der Waals surface area contributed by atoms with Gasteiger partial charge in [0.25, 0.3) is 5.91 Å². The van der Waals surface area contributed by atoms with Gasteiger partial charge in [0.2, 0.25) is 5.91 Å². The number of likely N-dealkylation sites (N-methyl/N-ethyl adjacent to an activating group) is 2. The Morgan fingerprint density at radius 3 is 2.37 bits per heavy atom. The molecule has 6 heteroatoms. The van der Waals surface area contributed by atoms with Crippen LogP contribution in [0.2, 0.25) is 5.02 Å². The first kappa shape index (κ1) is 20.9. The van der Waals surface area contributed by atoms with Crippen molar-refractivity contribution in [3.8, 4) is 0 Å². The lowest BCUT2D eigenvalue weighted by molar-refractivity contribution is -0.885. The van der Waals surface area contributed by atoms with Crippen LogP contribution in [0.1, 0.15) is 16.7 Å². The van der Waals surface area contributed by atoms with Crippen molar-refractivity contribution in [2.75, 3.05) is 32.5 Å². The summed E-state index contributed by atoms with van der Waals surface area (Å²) < 4.78 is 0. The molecule has 5 nitrogen and oxygen atoms in total. The van der Waals surface area contributed by atoms with Crippen molar-refractivity contribution in [2.24, 2.45) is 0 Å². The summed E-state index contributed by atoms with van der Waals surface area (Å²) in [5.74, 6) is -0.276. The molecule has 0 heterocycles. The molecule has 0 aromatic heterocycles. The molecule has 2 aromatic rings. The SMILES string of the molecule is Cc1cccc(C)c1NC(=O)CN(C)C(=O)C[NH+](C)Cc1cccc(Cl)c1. The topological polar surface area (TPSA) is 53.9 Å². The largest absolute Gasteiger partial charge is 0.332 e. The Kier molecular flexibility index (Phi) is 7.39. The van der Waals surface area contributed by atoms with E-state index in [1.165, 1.54) is 4.90 Å². The van der Waals surface area contributed by atoms with Crippen LogP contribution >= 0.6 is 11.6 Å². The summed E-state index contributed by atoms with van der Waals surface area (Å²) in [5.41, 5.74) is 3.89. The third kappa shape index (κ3) is 6.38.